The smallest absolute Gasteiger partial charge is 0.261 e. The maximum atomic E-state index is 12.4. The summed E-state index contributed by atoms with van der Waals surface area (Å²) in [7, 11) is 2.17. The fourth-order valence-corrected chi connectivity index (χ4v) is 3.50. The van der Waals surface area contributed by atoms with Gasteiger partial charge < -0.3 is 15.0 Å². The molecule has 5 nitrogen and oxygen atoms in total. The minimum atomic E-state index is -0.580. The van der Waals surface area contributed by atoms with Crippen LogP contribution in [-0.4, -0.2) is 55.0 Å². The molecule has 0 spiro atoms. The van der Waals surface area contributed by atoms with E-state index >= 15 is 0 Å². The minimum absolute atomic E-state index is 0.137. The minimum Gasteiger partial charge on any atom is -0.481 e. The van der Waals surface area contributed by atoms with E-state index in [4.69, 9.17) is 16.3 Å². The molecule has 156 valence electrons. The van der Waals surface area contributed by atoms with E-state index < -0.39 is 6.10 Å². The Morgan fingerprint density at radius 2 is 1.86 bits per heavy atom. The zero-order chi connectivity index (χ0) is 20.8. The summed E-state index contributed by atoms with van der Waals surface area (Å²) in [6.45, 7) is 9.51. The van der Waals surface area contributed by atoms with Crippen molar-refractivity contribution < 1.29 is 9.53 Å². The predicted molar refractivity (Wildman–Crippen MR) is 117 cm³/mol. The predicted octanol–water partition coefficient (Wildman–Crippen LogP) is 3.48. The monoisotopic (exact) mass is 415 g/mol. The van der Waals surface area contributed by atoms with Gasteiger partial charge in [-0.3, -0.25) is 9.69 Å². The van der Waals surface area contributed by atoms with Gasteiger partial charge in [-0.1, -0.05) is 35.9 Å². The second-order valence-corrected chi connectivity index (χ2v) is 8.20. The Kier molecular flexibility index (Phi) is 7.53. The number of nitrogens with one attached hydrogen (secondary N) is 1. The van der Waals surface area contributed by atoms with Crippen LogP contribution in [0.2, 0.25) is 5.02 Å². The Bertz CT molecular complexity index is 835. The summed E-state index contributed by atoms with van der Waals surface area (Å²) in [6.07, 6.45) is -0.580. The van der Waals surface area contributed by atoms with Crippen molar-refractivity contribution in [3.63, 3.8) is 0 Å². The summed E-state index contributed by atoms with van der Waals surface area (Å²) in [4.78, 5) is 17.3. The van der Waals surface area contributed by atoms with E-state index in [-0.39, 0.29) is 5.91 Å². The number of benzene rings is 2. The number of aryl methyl sites for hydroxylation is 1. The van der Waals surface area contributed by atoms with Crippen molar-refractivity contribution >= 4 is 17.5 Å². The molecule has 2 aromatic rings. The van der Waals surface area contributed by atoms with Gasteiger partial charge in [-0.2, -0.15) is 0 Å². The normalized spacial score (nSPS) is 16.4. The third-order valence-corrected chi connectivity index (χ3v) is 5.70. The Hall–Kier alpha value is -2.08. The van der Waals surface area contributed by atoms with E-state index in [2.05, 4.69) is 40.4 Å². The highest BCUT2D eigenvalue weighted by atomic mass is 35.5. The SMILES string of the molecule is Cc1cc(OC(C)C(=O)NCc2cccc(CN3CCN(C)CC3)c2)ccc1Cl. The fourth-order valence-electron chi connectivity index (χ4n) is 3.38. The van der Waals surface area contributed by atoms with Crippen LogP contribution in [0.1, 0.15) is 23.6 Å². The molecule has 0 radical (unpaired) electrons. The third-order valence-electron chi connectivity index (χ3n) is 5.27. The summed E-state index contributed by atoms with van der Waals surface area (Å²) in [5.74, 6) is 0.505. The summed E-state index contributed by atoms with van der Waals surface area (Å²) in [6, 6.07) is 13.8. The number of halogens is 1. The molecule has 3 rings (SSSR count). The standard InChI is InChI=1S/C23H30ClN3O2/c1-17-13-21(7-8-22(17)24)29-18(2)23(28)25-15-19-5-4-6-20(14-19)16-27-11-9-26(3)10-12-27/h4-8,13-14,18H,9-12,15-16H2,1-3H3,(H,25,28). The van der Waals surface area contributed by atoms with Crippen LogP contribution in [0.4, 0.5) is 0 Å². The lowest BCUT2D eigenvalue weighted by Crippen LogP contribution is -2.43. The molecule has 1 aliphatic rings. The van der Waals surface area contributed by atoms with Crippen LogP contribution in [0.5, 0.6) is 5.75 Å². The van der Waals surface area contributed by atoms with Gasteiger partial charge in [0.2, 0.25) is 0 Å². The van der Waals surface area contributed by atoms with Crippen molar-refractivity contribution in [3.8, 4) is 5.75 Å². The molecule has 1 aliphatic heterocycles. The number of nitrogens with zero attached hydrogens (tertiary/aromatic N) is 2. The second kappa shape index (κ2) is 10.1. The summed E-state index contributed by atoms with van der Waals surface area (Å²) in [5.41, 5.74) is 3.30. The van der Waals surface area contributed by atoms with Crippen LogP contribution < -0.4 is 10.1 Å². The first-order chi connectivity index (χ1) is 13.9. The molecule has 1 amide bonds. The van der Waals surface area contributed by atoms with E-state index in [1.807, 2.05) is 19.1 Å². The molecule has 1 saturated heterocycles. The highest BCUT2D eigenvalue weighted by Gasteiger charge is 2.16. The van der Waals surface area contributed by atoms with E-state index in [9.17, 15) is 4.79 Å². The van der Waals surface area contributed by atoms with Crippen LogP contribution >= 0.6 is 11.6 Å². The highest BCUT2D eigenvalue weighted by molar-refractivity contribution is 6.31. The summed E-state index contributed by atoms with van der Waals surface area (Å²) in [5, 5.41) is 3.66. The molecule has 0 bridgehead atoms. The van der Waals surface area contributed by atoms with Gasteiger partial charge in [-0.05, 0) is 55.8 Å². The average molecular weight is 416 g/mol. The van der Waals surface area contributed by atoms with Gasteiger partial charge in [0.15, 0.2) is 6.10 Å². The van der Waals surface area contributed by atoms with Gasteiger partial charge in [-0.15, -0.1) is 0 Å². The molecular weight excluding hydrogens is 386 g/mol. The van der Waals surface area contributed by atoms with Gasteiger partial charge in [0.1, 0.15) is 5.75 Å². The number of carbonyl (C=O) groups excluding carboxylic acids is 1. The number of hydrogen-bond acceptors (Lipinski definition) is 4. The Morgan fingerprint density at radius 3 is 2.59 bits per heavy atom. The highest BCUT2D eigenvalue weighted by Crippen LogP contribution is 2.22. The molecule has 1 unspecified atom stereocenters. The Balaban J connectivity index is 1.49. The Labute approximate surface area is 178 Å². The largest absolute Gasteiger partial charge is 0.481 e. The molecule has 6 heteroatoms. The lowest BCUT2D eigenvalue weighted by molar-refractivity contribution is -0.127. The molecule has 0 aromatic heterocycles. The number of carbonyl (C=O) groups is 1. The van der Waals surface area contributed by atoms with Gasteiger partial charge in [0, 0.05) is 44.3 Å². The molecule has 1 heterocycles. The Morgan fingerprint density at radius 1 is 1.14 bits per heavy atom. The fraction of sp³-hybridized carbons (Fsp3) is 0.435. The lowest BCUT2D eigenvalue weighted by Gasteiger charge is -2.32. The number of amides is 1. The second-order valence-electron chi connectivity index (χ2n) is 7.79. The maximum absolute atomic E-state index is 12.4. The topological polar surface area (TPSA) is 44.8 Å². The van der Waals surface area contributed by atoms with E-state index in [0.717, 1.165) is 43.9 Å². The molecule has 1 atom stereocenters. The van der Waals surface area contributed by atoms with Crippen molar-refractivity contribution in [1.29, 1.82) is 0 Å². The van der Waals surface area contributed by atoms with Crippen molar-refractivity contribution in [3.05, 3.63) is 64.2 Å². The molecule has 1 fully saturated rings. The molecule has 29 heavy (non-hydrogen) atoms. The van der Waals surface area contributed by atoms with Crippen molar-refractivity contribution in [2.75, 3.05) is 33.2 Å². The molecule has 0 aliphatic carbocycles. The van der Waals surface area contributed by atoms with Gasteiger partial charge in [0.25, 0.3) is 5.91 Å². The number of piperazine rings is 1. The van der Waals surface area contributed by atoms with Crippen LogP contribution in [0.25, 0.3) is 0 Å². The number of hydrogen-bond donors (Lipinski definition) is 1. The van der Waals surface area contributed by atoms with Crippen molar-refractivity contribution in [2.24, 2.45) is 0 Å². The number of rotatable bonds is 7. The molecule has 0 saturated carbocycles. The van der Waals surface area contributed by atoms with E-state index in [0.29, 0.717) is 17.3 Å². The van der Waals surface area contributed by atoms with Gasteiger partial charge in [-0.25, -0.2) is 0 Å². The van der Waals surface area contributed by atoms with Crippen LogP contribution in [-0.2, 0) is 17.9 Å². The molecule has 1 N–H and O–H groups in total. The zero-order valence-electron chi connectivity index (χ0n) is 17.5. The van der Waals surface area contributed by atoms with Crippen LogP contribution in [0.15, 0.2) is 42.5 Å². The zero-order valence-corrected chi connectivity index (χ0v) is 18.2. The van der Waals surface area contributed by atoms with E-state index in [1.165, 1.54) is 5.56 Å². The van der Waals surface area contributed by atoms with Crippen molar-refractivity contribution in [1.82, 2.24) is 15.1 Å². The number of likely N-dealkylation sites (N-methyl/N-ethyl adjacent to an activating group) is 1. The lowest BCUT2D eigenvalue weighted by atomic mass is 10.1. The molecule has 2 aromatic carbocycles. The first-order valence-corrected chi connectivity index (χ1v) is 10.5. The van der Waals surface area contributed by atoms with Crippen molar-refractivity contribution in [2.45, 2.75) is 33.0 Å². The first kappa shape index (κ1) is 21.6. The van der Waals surface area contributed by atoms with E-state index in [1.54, 1.807) is 19.1 Å². The summed E-state index contributed by atoms with van der Waals surface area (Å²) < 4.78 is 5.75. The summed E-state index contributed by atoms with van der Waals surface area (Å²) >= 11 is 6.04. The van der Waals surface area contributed by atoms with Crippen LogP contribution in [0.3, 0.4) is 0 Å². The molecular formula is C23H30ClN3O2. The average Bonchev–Trinajstić information content (AvgIpc) is 2.71. The number of ether oxygens (including phenoxy) is 1. The van der Waals surface area contributed by atoms with Gasteiger partial charge in [0.05, 0.1) is 0 Å². The third kappa shape index (κ3) is 6.46. The first-order valence-electron chi connectivity index (χ1n) is 10.1. The maximum Gasteiger partial charge on any atom is 0.261 e. The van der Waals surface area contributed by atoms with Gasteiger partial charge >= 0.3 is 0 Å². The quantitative estimate of drug-likeness (QED) is 0.752. The van der Waals surface area contributed by atoms with Crippen LogP contribution in [0, 0.1) is 6.92 Å².